The lowest BCUT2D eigenvalue weighted by molar-refractivity contribution is -0.132. The van der Waals surface area contributed by atoms with Crippen molar-refractivity contribution >= 4 is 11.6 Å². The number of carbonyl (C=O) groups excluding carboxylic acids is 1. The summed E-state index contributed by atoms with van der Waals surface area (Å²) in [6.07, 6.45) is 0. The van der Waals surface area contributed by atoms with Gasteiger partial charge in [0.05, 0.1) is 12.8 Å². The largest absolute Gasteiger partial charge is 0.497 e. The Labute approximate surface area is 126 Å². The zero-order valence-electron chi connectivity index (χ0n) is 11.7. The van der Waals surface area contributed by atoms with Gasteiger partial charge in [0, 0.05) is 10.5 Å². The minimum atomic E-state index is -1.78. The number of fused-ring (bicyclic) bond motifs is 1. The van der Waals surface area contributed by atoms with E-state index in [0.717, 1.165) is 0 Å². The Morgan fingerprint density at radius 3 is 2.64 bits per heavy atom. The Bertz CT molecular complexity index is 769. The molecule has 2 aromatic rings. The highest BCUT2D eigenvalue weighted by atomic mass is 16.5. The lowest BCUT2D eigenvalue weighted by atomic mass is 10.0. The number of para-hydroxylation sites is 2. The smallest absolute Gasteiger partial charge is 0.290 e. The molecule has 0 saturated heterocycles. The molecule has 3 rings (SSSR count). The van der Waals surface area contributed by atoms with Gasteiger partial charge in [-0.25, -0.2) is 0 Å². The summed E-state index contributed by atoms with van der Waals surface area (Å²) >= 11 is 0. The molecule has 0 bridgehead atoms. The molecule has 0 fully saturated rings. The minimum Gasteiger partial charge on any atom is -0.497 e. The van der Waals surface area contributed by atoms with Crippen LogP contribution in [0.25, 0.3) is 10.4 Å². The fraction of sp³-hybridized carbons (Fsp3) is 0.133. The van der Waals surface area contributed by atoms with Crippen molar-refractivity contribution in [1.82, 2.24) is 0 Å². The maximum absolute atomic E-state index is 12.5. The van der Waals surface area contributed by atoms with Crippen LogP contribution in [0, 0.1) is 0 Å². The van der Waals surface area contributed by atoms with Crippen LogP contribution in [0.5, 0.6) is 11.5 Å². The number of azide groups is 1. The van der Waals surface area contributed by atoms with Crippen LogP contribution in [0.3, 0.4) is 0 Å². The molecule has 7 nitrogen and oxygen atoms in total. The summed E-state index contributed by atoms with van der Waals surface area (Å²) in [5, 5.41) is 6.33. The number of amides is 1. The third kappa shape index (κ3) is 2.10. The molecule has 0 spiro atoms. The molecule has 22 heavy (non-hydrogen) atoms. The van der Waals surface area contributed by atoms with Crippen molar-refractivity contribution in [3.8, 4) is 11.5 Å². The van der Waals surface area contributed by atoms with Gasteiger partial charge in [-0.05, 0) is 34.9 Å². The molecule has 0 aromatic heterocycles. The second-order valence-corrected chi connectivity index (χ2v) is 4.61. The molecule has 2 aromatic carbocycles. The zero-order valence-corrected chi connectivity index (χ0v) is 11.7. The number of carbonyl (C=O) groups is 1. The average Bonchev–Trinajstić information content (AvgIpc) is 2.56. The van der Waals surface area contributed by atoms with E-state index in [9.17, 15) is 4.79 Å². The van der Waals surface area contributed by atoms with Crippen molar-refractivity contribution in [3.05, 3.63) is 64.5 Å². The molecular weight excluding hydrogens is 284 g/mol. The molecule has 1 heterocycles. The summed E-state index contributed by atoms with van der Waals surface area (Å²) in [5.41, 5.74) is 8.05. The molecule has 1 N–H and O–H groups in total. The lowest BCUT2D eigenvalue weighted by Gasteiger charge is -2.34. The van der Waals surface area contributed by atoms with Crippen molar-refractivity contribution in [2.75, 3.05) is 12.4 Å². The van der Waals surface area contributed by atoms with Crippen LogP contribution in [0.2, 0.25) is 0 Å². The van der Waals surface area contributed by atoms with Crippen LogP contribution in [-0.2, 0) is 10.5 Å². The first-order valence-corrected chi connectivity index (χ1v) is 6.50. The minimum absolute atomic E-state index is 0.415. The Morgan fingerprint density at radius 1 is 1.23 bits per heavy atom. The van der Waals surface area contributed by atoms with Crippen molar-refractivity contribution in [1.29, 1.82) is 0 Å². The van der Waals surface area contributed by atoms with E-state index in [2.05, 4.69) is 15.3 Å². The van der Waals surface area contributed by atoms with Crippen LogP contribution in [0.15, 0.2) is 53.6 Å². The third-order valence-electron chi connectivity index (χ3n) is 3.37. The van der Waals surface area contributed by atoms with E-state index in [1.165, 1.54) is 7.11 Å². The van der Waals surface area contributed by atoms with Gasteiger partial charge < -0.3 is 14.8 Å². The van der Waals surface area contributed by atoms with E-state index in [-0.39, 0.29) is 0 Å². The topological polar surface area (TPSA) is 96.3 Å². The number of benzene rings is 2. The zero-order chi connectivity index (χ0) is 15.6. The van der Waals surface area contributed by atoms with Crippen molar-refractivity contribution in [3.63, 3.8) is 0 Å². The molecule has 1 atom stereocenters. The summed E-state index contributed by atoms with van der Waals surface area (Å²) in [6.45, 7) is 0. The first-order valence-electron chi connectivity index (χ1n) is 6.50. The first kappa shape index (κ1) is 13.8. The van der Waals surface area contributed by atoms with E-state index in [1.54, 1.807) is 48.5 Å². The average molecular weight is 296 g/mol. The van der Waals surface area contributed by atoms with Gasteiger partial charge in [0.15, 0.2) is 0 Å². The molecule has 1 unspecified atom stereocenters. The number of hydrogen-bond donors (Lipinski definition) is 1. The van der Waals surface area contributed by atoms with E-state index in [4.69, 9.17) is 15.0 Å². The summed E-state index contributed by atoms with van der Waals surface area (Å²) in [7, 11) is 1.54. The van der Waals surface area contributed by atoms with Crippen molar-refractivity contribution in [2.24, 2.45) is 5.11 Å². The number of anilines is 1. The number of ether oxygens (including phenoxy) is 2. The van der Waals surface area contributed by atoms with Gasteiger partial charge in [0.25, 0.3) is 11.6 Å². The van der Waals surface area contributed by atoms with E-state index < -0.39 is 11.6 Å². The van der Waals surface area contributed by atoms with Gasteiger partial charge in [0.2, 0.25) is 0 Å². The highest BCUT2D eigenvalue weighted by molar-refractivity contribution is 6.01. The quantitative estimate of drug-likeness (QED) is 0.535. The van der Waals surface area contributed by atoms with Crippen LogP contribution in [0.4, 0.5) is 5.69 Å². The molecule has 110 valence electrons. The van der Waals surface area contributed by atoms with E-state index in [0.29, 0.717) is 22.7 Å². The van der Waals surface area contributed by atoms with E-state index in [1.807, 2.05) is 0 Å². The van der Waals surface area contributed by atoms with Crippen LogP contribution < -0.4 is 14.8 Å². The van der Waals surface area contributed by atoms with Crippen LogP contribution >= 0.6 is 0 Å². The monoisotopic (exact) mass is 296 g/mol. The number of hydrogen-bond acceptors (Lipinski definition) is 4. The number of nitrogens with one attached hydrogen (secondary N) is 1. The Hall–Kier alpha value is -3.18. The molecular formula is C15H12N4O3. The highest BCUT2D eigenvalue weighted by Gasteiger charge is 2.46. The van der Waals surface area contributed by atoms with Gasteiger partial charge >= 0.3 is 0 Å². The van der Waals surface area contributed by atoms with E-state index >= 15 is 0 Å². The van der Waals surface area contributed by atoms with Gasteiger partial charge in [-0.3, -0.25) is 4.79 Å². The fourth-order valence-corrected chi connectivity index (χ4v) is 2.26. The predicted molar refractivity (Wildman–Crippen MR) is 79.5 cm³/mol. The second kappa shape index (κ2) is 5.31. The number of nitrogens with zero attached hydrogens (tertiary/aromatic N) is 3. The van der Waals surface area contributed by atoms with Crippen LogP contribution in [-0.4, -0.2) is 13.0 Å². The maximum Gasteiger partial charge on any atom is 0.290 e. The standard InChI is InChI=1S/C15H12N4O3/c1-21-11-8-6-10(7-9-11)15(18-19-16)14(20)17-12-4-2-3-5-13(12)22-15/h2-9H,1H3,(H,17,20). The molecule has 7 heteroatoms. The Balaban J connectivity index is 2.12. The molecule has 0 aliphatic carbocycles. The predicted octanol–water partition coefficient (Wildman–Crippen LogP) is 3.19. The summed E-state index contributed by atoms with van der Waals surface area (Å²) < 4.78 is 10.8. The summed E-state index contributed by atoms with van der Waals surface area (Å²) in [4.78, 5) is 15.3. The number of rotatable bonds is 3. The molecule has 0 radical (unpaired) electrons. The third-order valence-corrected chi connectivity index (χ3v) is 3.37. The SMILES string of the molecule is COc1ccc(C2(N=[N+]=[N-])Oc3ccccc3NC2=O)cc1. The molecule has 1 amide bonds. The molecule has 1 aliphatic rings. The fourth-order valence-electron chi connectivity index (χ4n) is 2.26. The highest BCUT2D eigenvalue weighted by Crippen LogP contribution is 2.40. The lowest BCUT2D eigenvalue weighted by Crippen LogP contribution is -2.46. The Kier molecular flexibility index (Phi) is 3.33. The summed E-state index contributed by atoms with van der Waals surface area (Å²) in [6, 6.07) is 13.5. The van der Waals surface area contributed by atoms with Crippen molar-refractivity contribution < 1.29 is 14.3 Å². The first-order chi connectivity index (χ1) is 10.7. The normalized spacial score (nSPS) is 19.2. The summed E-state index contributed by atoms with van der Waals surface area (Å²) in [5.74, 6) is 0.510. The molecule has 0 saturated carbocycles. The van der Waals surface area contributed by atoms with Gasteiger partial charge in [-0.2, -0.15) is 0 Å². The van der Waals surface area contributed by atoms with Crippen molar-refractivity contribution in [2.45, 2.75) is 5.72 Å². The second-order valence-electron chi connectivity index (χ2n) is 4.61. The van der Waals surface area contributed by atoms with Crippen LogP contribution in [0.1, 0.15) is 5.56 Å². The molecule has 1 aliphatic heterocycles. The number of methoxy groups -OCH3 is 1. The van der Waals surface area contributed by atoms with Gasteiger partial charge in [-0.1, -0.05) is 24.3 Å². The van der Waals surface area contributed by atoms with Gasteiger partial charge in [0.1, 0.15) is 11.5 Å². The van der Waals surface area contributed by atoms with Gasteiger partial charge in [-0.15, -0.1) is 0 Å². The maximum atomic E-state index is 12.5. The Morgan fingerprint density at radius 2 is 1.95 bits per heavy atom.